The van der Waals surface area contributed by atoms with Gasteiger partial charge in [0.2, 0.25) is 5.91 Å². The molecular weight excluding hydrogens is 286 g/mol. The van der Waals surface area contributed by atoms with Gasteiger partial charge in [0.1, 0.15) is 0 Å². The molecule has 122 valence electrons. The van der Waals surface area contributed by atoms with Crippen LogP contribution >= 0.6 is 0 Å². The molecule has 0 aromatic carbocycles. The van der Waals surface area contributed by atoms with Crippen LogP contribution in [0.3, 0.4) is 0 Å². The SMILES string of the molecule is CCCNC(=O)CNC(=O)Nc1cnn(CC2CCCO2)c1. The van der Waals surface area contributed by atoms with E-state index in [9.17, 15) is 9.59 Å². The molecule has 8 heteroatoms. The summed E-state index contributed by atoms with van der Waals surface area (Å²) in [5, 5.41) is 12.0. The molecular formula is C14H23N5O3. The number of hydrogen-bond acceptors (Lipinski definition) is 4. The number of hydrogen-bond donors (Lipinski definition) is 3. The van der Waals surface area contributed by atoms with Gasteiger partial charge in [-0.3, -0.25) is 9.48 Å². The fourth-order valence-corrected chi connectivity index (χ4v) is 2.19. The first kappa shape index (κ1) is 16.3. The average Bonchev–Trinajstić information content (AvgIpc) is 3.15. The quantitative estimate of drug-likeness (QED) is 0.691. The summed E-state index contributed by atoms with van der Waals surface area (Å²) in [5.41, 5.74) is 0.587. The number of aromatic nitrogens is 2. The Morgan fingerprint density at radius 3 is 3.05 bits per heavy atom. The normalized spacial score (nSPS) is 17.2. The molecule has 3 N–H and O–H groups in total. The number of rotatable bonds is 7. The van der Waals surface area contributed by atoms with E-state index in [4.69, 9.17) is 4.74 Å². The maximum absolute atomic E-state index is 11.7. The van der Waals surface area contributed by atoms with Crippen molar-refractivity contribution in [2.75, 3.05) is 25.0 Å². The number of urea groups is 1. The lowest BCUT2D eigenvalue weighted by Gasteiger charge is -2.08. The van der Waals surface area contributed by atoms with Crippen molar-refractivity contribution in [1.29, 1.82) is 0 Å². The zero-order valence-corrected chi connectivity index (χ0v) is 12.8. The number of ether oxygens (including phenoxy) is 1. The van der Waals surface area contributed by atoms with Gasteiger partial charge in [-0.25, -0.2) is 4.79 Å². The van der Waals surface area contributed by atoms with Gasteiger partial charge in [-0.15, -0.1) is 0 Å². The van der Waals surface area contributed by atoms with Gasteiger partial charge >= 0.3 is 6.03 Å². The number of nitrogens with zero attached hydrogens (tertiary/aromatic N) is 2. The zero-order valence-electron chi connectivity index (χ0n) is 12.8. The zero-order chi connectivity index (χ0) is 15.8. The molecule has 3 amide bonds. The second-order valence-electron chi connectivity index (χ2n) is 5.24. The van der Waals surface area contributed by atoms with Crippen LogP contribution < -0.4 is 16.0 Å². The Kier molecular flexibility index (Phi) is 6.20. The predicted molar refractivity (Wildman–Crippen MR) is 81.5 cm³/mol. The van der Waals surface area contributed by atoms with Gasteiger partial charge in [0.05, 0.1) is 31.1 Å². The third-order valence-corrected chi connectivity index (χ3v) is 3.29. The Hall–Kier alpha value is -2.09. The van der Waals surface area contributed by atoms with Gasteiger partial charge in [-0.05, 0) is 19.3 Å². The second kappa shape index (κ2) is 8.38. The number of carbonyl (C=O) groups excluding carboxylic acids is 2. The summed E-state index contributed by atoms with van der Waals surface area (Å²) < 4.78 is 7.29. The summed E-state index contributed by atoms with van der Waals surface area (Å²) >= 11 is 0. The van der Waals surface area contributed by atoms with Crippen molar-refractivity contribution >= 4 is 17.6 Å². The highest BCUT2D eigenvalue weighted by Crippen LogP contribution is 2.14. The van der Waals surface area contributed by atoms with Crippen LogP contribution in [0.5, 0.6) is 0 Å². The smallest absolute Gasteiger partial charge is 0.319 e. The lowest BCUT2D eigenvalue weighted by atomic mass is 10.2. The Labute approximate surface area is 129 Å². The van der Waals surface area contributed by atoms with Gasteiger partial charge in [0, 0.05) is 19.3 Å². The van der Waals surface area contributed by atoms with E-state index < -0.39 is 6.03 Å². The molecule has 1 saturated heterocycles. The Balaban J connectivity index is 1.70. The van der Waals surface area contributed by atoms with Crippen LogP contribution in [-0.4, -0.2) is 47.5 Å². The Bertz CT molecular complexity index is 496. The summed E-state index contributed by atoms with van der Waals surface area (Å²) in [6, 6.07) is -0.427. The van der Waals surface area contributed by atoms with Crippen LogP contribution in [0.15, 0.2) is 12.4 Å². The molecule has 0 saturated carbocycles. The van der Waals surface area contributed by atoms with E-state index in [0.717, 1.165) is 25.9 Å². The highest BCUT2D eigenvalue weighted by atomic mass is 16.5. The van der Waals surface area contributed by atoms with Crippen molar-refractivity contribution < 1.29 is 14.3 Å². The van der Waals surface area contributed by atoms with Crippen molar-refractivity contribution in [2.45, 2.75) is 38.8 Å². The summed E-state index contributed by atoms with van der Waals surface area (Å²) in [6.07, 6.45) is 6.50. The third-order valence-electron chi connectivity index (χ3n) is 3.29. The molecule has 1 aliphatic rings. The van der Waals surface area contributed by atoms with Crippen LogP contribution in [0.1, 0.15) is 26.2 Å². The standard InChI is InChI=1S/C14H23N5O3/c1-2-5-15-13(20)8-16-14(21)18-11-7-17-19(9-11)10-12-4-3-6-22-12/h7,9,12H,2-6,8,10H2,1H3,(H,15,20)(H2,16,18,21). The fourth-order valence-electron chi connectivity index (χ4n) is 2.19. The summed E-state index contributed by atoms with van der Waals surface area (Å²) in [6.45, 7) is 4.02. The minimum Gasteiger partial charge on any atom is -0.376 e. The Morgan fingerprint density at radius 1 is 1.45 bits per heavy atom. The second-order valence-corrected chi connectivity index (χ2v) is 5.24. The number of carbonyl (C=O) groups is 2. The summed E-state index contributed by atoms with van der Waals surface area (Å²) in [7, 11) is 0. The van der Waals surface area contributed by atoms with E-state index in [2.05, 4.69) is 21.0 Å². The number of amides is 3. The minimum atomic E-state index is -0.427. The van der Waals surface area contributed by atoms with Gasteiger partial charge in [-0.1, -0.05) is 6.92 Å². The van der Waals surface area contributed by atoms with Crippen molar-refractivity contribution in [3.8, 4) is 0 Å². The number of nitrogens with one attached hydrogen (secondary N) is 3. The van der Waals surface area contributed by atoms with E-state index in [0.29, 0.717) is 18.8 Å². The molecule has 1 aromatic heterocycles. The average molecular weight is 309 g/mol. The van der Waals surface area contributed by atoms with Gasteiger partial charge in [0.15, 0.2) is 0 Å². The van der Waals surface area contributed by atoms with Crippen LogP contribution in [-0.2, 0) is 16.1 Å². The van der Waals surface area contributed by atoms with Gasteiger partial charge in [-0.2, -0.15) is 5.10 Å². The van der Waals surface area contributed by atoms with Crippen LogP contribution in [0.4, 0.5) is 10.5 Å². The molecule has 0 aliphatic carbocycles. The van der Waals surface area contributed by atoms with Crippen molar-refractivity contribution in [1.82, 2.24) is 20.4 Å². The summed E-state index contributed by atoms with van der Waals surface area (Å²) in [5.74, 6) is -0.203. The molecule has 0 radical (unpaired) electrons. The highest BCUT2D eigenvalue weighted by molar-refractivity contribution is 5.91. The van der Waals surface area contributed by atoms with E-state index in [-0.39, 0.29) is 18.6 Å². The van der Waals surface area contributed by atoms with Crippen LogP contribution in [0, 0.1) is 0 Å². The molecule has 0 spiro atoms. The predicted octanol–water partition coefficient (Wildman–Crippen LogP) is 0.710. The molecule has 22 heavy (non-hydrogen) atoms. The molecule has 1 fully saturated rings. The first-order valence-corrected chi connectivity index (χ1v) is 7.63. The fraction of sp³-hybridized carbons (Fsp3) is 0.643. The molecule has 1 aliphatic heterocycles. The van der Waals surface area contributed by atoms with Crippen molar-refractivity contribution in [3.63, 3.8) is 0 Å². The maximum atomic E-state index is 11.7. The van der Waals surface area contributed by atoms with E-state index in [1.807, 2.05) is 6.92 Å². The first-order valence-electron chi connectivity index (χ1n) is 7.63. The lowest BCUT2D eigenvalue weighted by Crippen LogP contribution is -2.39. The van der Waals surface area contributed by atoms with Gasteiger partial charge < -0.3 is 20.7 Å². The molecule has 2 rings (SSSR count). The molecule has 0 bridgehead atoms. The molecule has 1 aromatic rings. The monoisotopic (exact) mass is 309 g/mol. The highest BCUT2D eigenvalue weighted by Gasteiger charge is 2.16. The van der Waals surface area contributed by atoms with Crippen LogP contribution in [0.25, 0.3) is 0 Å². The lowest BCUT2D eigenvalue weighted by molar-refractivity contribution is -0.120. The largest absolute Gasteiger partial charge is 0.376 e. The first-order chi connectivity index (χ1) is 10.7. The van der Waals surface area contributed by atoms with E-state index in [1.165, 1.54) is 0 Å². The van der Waals surface area contributed by atoms with E-state index >= 15 is 0 Å². The van der Waals surface area contributed by atoms with Crippen molar-refractivity contribution in [3.05, 3.63) is 12.4 Å². The van der Waals surface area contributed by atoms with E-state index in [1.54, 1.807) is 17.1 Å². The minimum absolute atomic E-state index is 0.0457. The third kappa shape index (κ3) is 5.36. The summed E-state index contributed by atoms with van der Waals surface area (Å²) in [4.78, 5) is 23.1. The Morgan fingerprint density at radius 2 is 2.32 bits per heavy atom. The molecule has 1 unspecified atom stereocenters. The van der Waals surface area contributed by atoms with Crippen molar-refractivity contribution in [2.24, 2.45) is 0 Å². The topological polar surface area (TPSA) is 97.3 Å². The molecule has 2 heterocycles. The number of anilines is 1. The molecule has 1 atom stereocenters. The van der Waals surface area contributed by atoms with Gasteiger partial charge in [0.25, 0.3) is 0 Å². The molecule has 8 nitrogen and oxygen atoms in total. The van der Waals surface area contributed by atoms with Crippen LogP contribution in [0.2, 0.25) is 0 Å². The maximum Gasteiger partial charge on any atom is 0.319 e.